The summed E-state index contributed by atoms with van der Waals surface area (Å²) in [4.78, 5) is 25.5. The van der Waals surface area contributed by atoms with Crippen molar-refractivity contribution in [3.05, 3.63) is 75.9 Å². The van der Waals surface area contributed by atoms with Gasteiger partial charge in [-0.25, -0.2) is 9.97 Å². The van der Waals surface area contributed by atoms with Gasteiger partial charge in [-0.05, 0) is 31.3 Å². The topological polar surface area (TPSA) is 78.3 Å². The van der Waals surface area contributed by atoms with Crippen LogP contribution < -0.4 is 5.32 Å². The fourth-order valence-corrected chi connectivity index (χ4v) is 4.91. The zero-order valence-corrected chi connectivity index (χ0v) is 23.0. The number of imidazole rings is 2. The van der Waals surface area contributed by atoms with Gasteiger partial charge in [-0.15, -0.1) is 24.8 Å². The van der Waals surface area contributed by atoms with Gasteiger partial charge in [-0.3, -0.25) is 9.69 Å². The Balaban J connectivity index is 0.00000241. The molecule has 200 valence electrons. The molecule has 4 rings (SSSR count). The first-order chi connectivity index (χ1) is 16.6. The molecule has 37 heavy (non-hydrogen) atoms. The number of hydrogen-bond acceptors (Lipinski definition) is 5. The van der Waals surface area contributed by atoms with Crippen LogP contribution >= 0.6 is 59.8 Å². The number of aromatic amines is 1. The Kier molecular flexibility index (Phi) is 11.0. The number of H-pyrrole nitrogens is 1. The standard InChI is InChI=1S/C22H19Cl2F3N6OS.2ClH/c1-32(10-11-35-21-28-7-8-29-21)12-16-18(22(25,26)27)31-19-15(6-3-9-33(16)19)30-20(34)17-13(23)4-2-5-14(17)24;;/h2-9H,10-12H2,1H3,(H,28,29)(H,30,34);2*1H. The van der Waals surface area contributed by atoms with Crippen LogP contribution in [0, 0.1) is 0 Å². The number of amides is 1. The lowest BCUT2D eigenvalue weighted by Crippen LogP contribution is -2.23. The van der Waals surface area contributed by atoms with Crippen LogP contribution in [0.4, 0.5) is 18.9 Å². The Morgan fingerprint density at radius 3 is 2.51 bits per heavy atom. The van der Waals surface area contributed by atoms with Crippen molar-refractivity contribution >= 4 is 77.0 Å². The second-order valence-corrected chi connectivity index (χ2v) is 9.45. The Hall–Kier alpha value is -2.15. The summed E-state index contributed by atoms with van der Waals surface area (Å²) in [5.41, 5.74) is -0.967. The predicted molar refractivity (Wildman–Crippen MR) is 145 cm³/mol. The van der Waals surface area contributed by atoms with Gasteiger partial charge < -0.3 is 14.7 Å². The molecule has 0 aliphatic rings. The maximum Gasteiger partial charge on any atom is 0.435 e. The Morgan fingerprint density at radius 1 is 1.19 bits per heavy atom. The Bertz CT molecular complexity index is 1330. The summed E-state index contributed by atoms with van der Waals surface area (Å²) in [7, 11) is 1.73. The number of aromatic nitrogens is 4. The van der Waals surface area contributed by atoms with Gasteiger partial charge in [0.2, 0.25) is 0 Å². The molecular formula is C22H21Cl4F3N6OS. The van der Waals surface area contributed by atoms with E-state index in [0.29, 0.717) is 12.3 Å². The number of carbonyl (C=O) groups excluding carboxylic acids is 1. The van der Waals surface area contributed by atoms with Gasteiger partial charge in [0.15, 0.2) is 16.5 Å². The van der Waals surface area contributed by atoms with E-state index in [1.165, 1.54) is 46.6 Å². The molecule has 0 saturated carbocycles. The van der Waals surface area contributed by atoms with Gasteiger partial charge >= 0.3 is 6.18 Å². The summed E-state index contributed by atoms with van der Waals surface area (Å²) in [5.74, 6) is -0.0268. The number of benzene rings is 1. The molecule has 0 fully saturated rings. The minimum Gasteiger partial charge on any atom is -0.340 e. The molecule has 0 aliphatic heterocycles. The second-order valence-electron chi connectivity index (χ2n) is 7.55. The number of anilines is 1. The third-order valence-corrected chi connectivity index (χ3v) is 6.57. The molecule has 0 saturated heterocycles. The molecule has 0 unspecified atom stereocenters. The molecule has 3 aromatic heterocycles. The monoisotopic (exact) mass is 614 g/mol. The number of carbonyl (C=O) groups is 1. The molecule has 0 spiro atoms. The molecule has 1 aromatic carbocycles. The van der Waals surface area contributed by atoms with Gasteiger partial charge in [0, 0.05) is 37.4 Å². The molecule has 2 N–H and O–H groups in total. The number of alkyl halides is 3. The summed E-state index contributed by atoms with van der Waals surface area (Å²) >= 11 is 13.7. The van der Waals surface area contributed by atoms with Crippen molar-refractivity contribution in [1.29, 1.82) is 0 Å². The van der Waals surface area contributed by atoms with E-state index in [1.807, 2.05) is 0 Å². The van der Waals surface area contributed by atoms with Gasteiger partial charge in [0.1, 0.15) is 0 Å². The van der Waals surface area contributed by atoms with Crippen LogP contribution in [0.25, 0.3) is 5.65 Å². The lowest BCUT2D eigenvalue weighted by Gasteiger charge is -2.17. The first kappa shape index (κ1) is 31.1. The summed E-state index contributed by atoms with van der Waals surface area (Å²) in [6, 6.07) is 7.59. The molecule has 0 aliphatic carbocycles. The minimum absolute atomic E-state index is 0. The van der Waals surface area contributed by atoms with Gasteiger partial charge in [-0.2, -0.15) is 13.2 Å². The van der Waals surface area contributed by atoms with Crippen molar-refractivity contribution in [2.45, 2.75) is 17.9 Å². The van der Waals surface area contributed by atoms with Crippen LogP contribution in [0.5, 0.6) is 0 Å². The number of thioether (sulfide) groups is 1. The number of rotatable bonds is 8. The van der Waals surface area contributed by atoms with E-state index in [9.17, 15) is 18.0 Å². The van der Waals surface area contributed by atoms with E-state index in [0.717, 1.165) is 5.16 Å². The van der Waals surface area contributed by atoms with Gasteiger partial charge in [0.05, 0.1) is 27.0 Å². The number of fused-ring (bicyclic) bond motifs is 1. The molecular weight excluding hydrogens is 595 g/mol. The minimum atomic E-state index is -4.68. The van der Waals surface area contributed by atoms with E-state index in [4.69, 9.17) is 23.2 Å². The first-order valence-electron chi connectivity index (χ1n) is 10.3. The molecule has 1 amide bonds. The Morgan fingerprint density at radius 2 is 1.89 bits per heavy atom. The third kappa shape index (κ3) is 7.24. The van der Waals surface area contributed by atoms with Crippen LogP contribution in [0.1, 0.15) is 21.7 Å². The van der Waals surface area contributed by atoms with E-state index in [2.05, 4.69) is 20.3 Å². The van der Waals surface area contributed by atoms with Crippen LogP contribution in [0.2, 0.25) is 10.0 Å². The van der Waals surface area contributed by atoms with Crippen molar-refractivity contribution in [3.63, 3.8) is 0 Å². The molecule has 7 nitrogen and oxygen atoms in total. The van der Waals surface area contributed by atoms with Crippen molar-refractivity contribution in [1.82, 2.24) is 24.3 Å². The maximum atomic E-state index is 13.9. The lowest BCUT2D eigenvalue weighted by molar-refractivity contribution is -0.141. The fourth-order valence-electron chi connectivity index (χ4n) is 3.45. The average Bonchev–Trinajstić information content (AvgIpc) is 3.42. The molecule has 0 atom stereocenters. The SMILES string of the molecule is CN(CCSc1ncc[nH]1)Cc1c(C(F)(F)F)nc2c(NC(=O)c3c(Cl)cccc3Cl)cccn12.Cl.Cl. The highest BCUT2D eigenvalue weighted by atomic mass is 35.5. The number of halogens is 7. The predicted octanol–water partition coefficient (Wildman–Crippen LogP) is 6.70. The number of nitrogens with one attached hydrogen (secondary N) is 2. The van der Waals surface area contributed by atoms with Crippen LogP contribution in [-0.4, -0.2) is 49.5 Å². The number of nitrogens with zero attached hydrogens (tertiary/aromatic N) is 4. The van der Waals surface area contributed by atoms with Crippen LogP contribution in [0.15, 0.2) is 54.1 Å². The van der Waals surface area contributed by atoms with E-state index >= 15 is 0 Å². The second kappa shape index (κ2) is 13.1. The summed E-state index contributed by atoms with van der Waals surface area (Å²) in [5, 5.41) is 3.57. The zero-order chi connectivity index (χ0) is 25.2. The quantitative estimate of drug-likeness (QED) is 0.216. The lowest BCUT2D eigenvalue weighted by atomic mass is 10.2. The van der Waals surface area contributed by atoms with Crippen LogP contribution in [-0.2, 0) is 12.7 Å². The summed E-state index contributed by atoms with van der Waals surface area (Å²) < 4.78 is 43.1. The highest BCUT2D eigenvalue weighted by Crippen LogP contribution is 2.34. The van der Waals surface area contributed by atoms with Crippen molar-refractivity contribution < 1.29 is 18.0 Å². The molecule has 0 radical (unpaired) electrons. The molecule has 0 bridgehead atoms. The van der Waals surface area contributed by atoms with E-state index in [1.54, 1.807) is 30.4 Å². The molecule has 3 heterocycles. The summed E-state index contributed by atoms with van der Waals surface area (Å²) in [6.45, 7) is 0.500. The zero-order valence-electron chi connectivity index (χ0n) is 19.1. The van der Waals surface area contributed by atoms with Crippen LogP contribution in [0.3, 0.4) is 0 Å². The maximum absolute atomic E-state index is 13.9. The fraction of sp³-hybridized carbons (Fsp3) is 0.227. The third-order valence-electron chi connectivity index (χ3n) is 5.06. The highest BCUT2D eigenvalue weighted by Gasteiger charge is 2.38. The molecule has 15 heteroatoms. The smallest absolute Gasteiger partial charge is 0.340 e. The number of pyridine rings is 1. The van der Waals surface area contributed by atoms with E-state index < -0.39 is 17.8 Å². The highest BCUT2D eigenvalue weighted by molar-refractivity contribution is 7.99. The van der Waals surface area contributed by atoms with Gasteiger partial charge in [-0.1, -0.05) is 41.0 Å². The summed E-state index contributed by atoms with van der Waals surface area (Å²) in [6.07, 6.45) is 0.140. The molecule has 4 aromatic rings. The van der Waals surface area contributed by atoms with Crippen molar-refractivity contribution in [3.8, 4) is 0 Å². The van der Waals surface area contributed by atoms with Crippen molar-refractivity contribution in [2.75, 3.05) is 24.7 Å². The average molecular weight is 616 g/mol. The largest absolute Gasteiger partial charge is 0.435 e. The first-order valence-corrected chi connectivity index (χ1v) is 12.0. The van der Waals surface area contributed by atoms with Gasteiger partial charge in [0.25, 0.3) is 5.91 Å². The Labute approximate surface area is 237 Å². The normalized spacial score (nSPS) is 11.3. The number of hydrogen-bond donors (Lipinski definition) is 2. The van der Waals surface area contributed by atoms with E-state index in [-0.39, 0.29) is 64.0 Å². The van der Waals surface area contributed by atoms with Crippen molar-refractivity contribution in [2.24, 2.45) is 0 Å².